The molecule has 1 aromatic carbocycles. The normalized spacial score (nSPS) is 28.1. The number of fused-ring (bicyclic) bond motifs is 2. The summed E-state index contributed by atoms with van der Waals surface area (Å²) < 4.78 is 5.87. The molecular weight excluding hydrogens is 264 g/mol. The molecular formula is C17H22N2O2. The predicted molar refractivity (Wildman–Crippen MR) is 80.0 cm³/mol. The Hall–Kier alpha value is -1.39. The number of morpholine rings is 1. The number of hydrogen-bond acceptors (Lipinski definition) is 3. The van der Waals surface area contributed by atoms with E-state index in [-0.39, 0.29) is 18.1 Å². The van der Waals surface area contributed by atoms with Gasteiger partial charge in [0.05, 0.1) is 18.8 Å². The summed E-state index contributed by atoms with van der Waals surface area (Å²) in [5, 5.41) is 3.33. The van der Waals surface area contributed by atoms with E-state index in [2.05, 4.69) is 22.3 Å². The largest absolute Gasteiger partial charge is 0.374 e. The van der Waals surface area contributed by atoms with Crippen LogP contribution in [0, 0.1) is 0 Å². The highest BCUT2D eigenvalue weighted by Gasteiger charge is 2.37. The lowest BCUT2D eigenvalue weighted by atomic mass is 9.89. The van der Waals surface area contributed by atoms with Crippen LogP contribution in [-0.4, -0.2) is 36.1 Å². The van der Waals surface area contributed by atoms with Crippen LogP contribution in [0.15, 0.2) is 18.2 Å². The molecule has 2 aliphatic heterocycles. The first-order chi connectivity index (χ1) is 10.3. The lowest BCUT2D eigenvalue weighted by Crippen LogP contribution is -2.54. The zero-order chi connectivity index (χ0) is 14.2. The molecule has 21 heavy (non-hydrogen) atoms. The van der Waals surface area contributed by atoms with Crippen LogP contribution < -0.4 is 5.32 Å². The van der Waals surface area contributed by atoms with Gasteiger partial charge in [-0.15, -0.1) is 0 Å². The summed E-state index contributed by atoms with van der Waals surface area (Å²) in [5.74, 6) is 0.185. The molecule has 1 amide bonds. The van der Waals surface area contributed by atoms with Gasteiger partial charge in [0.25, 0.3) is 5.91 Å². The van der Waals surface area contributed by atoms with E-state index in [0.29, 0.717) is 6.61 Å². The van der Waals surface area contributed by atoms with Crippen LogP contribution in [-0.2, 0) is 17.8 Å². The van der Waals surface area contributed by atoms with Crippen molar-refractivity contribution in [3.05, 3.63) is 34.9 Å². The Morgan fingerprint density at radius 2 is 2.05 bits per heavy atom. The van der Waals surface area contributed by atoms with Crippen LogP contribution in [0.5, 0.6) is 0 Å². The van der Waals surface area contributed by atoms with E-state index in [0.717, 1.165) is 38.0 Å². The van der Waals surface area contributed by atoms with Crippen molar-refractivity contribution in [2.75, 3.05) is 13.2 Å². The van der Waals surface area contributed by atoms with Gasteiger partial charge in [-0.05, 0) is 36.1 Å². The molecule has 4 rings (SSSR count). The molecule has 1 saturated heterocycles. The average molecular weight is 286 g/mol. The highest BCUT2D eigenvalue weighted by molar-refractivity contribution is 5.95. The Bertz CT molecular complexity index is 556. The van der Waals surface area contributed by atoms with E-state index >= 15 is 0 Å². The minimum Gasteiger partial charge on any atom is -0.374 e. The van der Waals surface area contributed by atoms with Gasteiger partial charge in [-0.1, -0.05) is 18.9 Å². The molecule has 4 heteroatoms. The lowest BCUT2D eigenvalue weighted by molar-refractivity contribution is -0.0752. The topological polar surface area (TPSA) is 41.6 Å². The zero-order valence-electron chi connectivity index (χ0n) is 12.3. The number of benzene rings is 1. The van der Waals surface area contributed by atoms with Crippen molar-refractivity contribution in [1.29, 1.82) is 0 Å². The Labute approximate surface area is 125 Å². The first-order valence-electron chi connectivity index (χ1n) is 8.08. The number of nitrogens with one attached hydrogen (secondary N) is 1. The van der Waals surface area contributed by atoms with Crippen LogP contribution in [0.4, 0.5) is 0 Å². The van der Waals surface area contributed by atoms with Gasteiger partial charge >= 0.3 is 0 Å². The first-order valence-corrected chi connectivity index (χ1v) is 8.08. The minimum absolute atomic E-state index is 0.185. The summed E-state index contributed by atoms with van der Waals surface area (Å²) in [7, 11) is 0. The summed E-state index contributed by atoms with van der Waals surface area (Å²) >= 11 is 0. The Balaban J connectivity index is 1.58. The van der Waals surface area contributed by atoms with Crippen LogP contribution >= 0.6 is 0 Å². The Kier molecular flexibility index (Phi) is 3.43. The second kappa shape index (κ2) is 5.43. The van der Waals surface area contributed by atoms with Crippen molar-refractivity contribution >= 4 is 5.91 Å². The molecule has 4 nitrogen and oxygen atoms in total. The lowest BCUT2D eigenvalue weighted by Gasteiger charge is -2.43. The SMILES string of the molecule is O=C(c1ccc2c(c1)CNC2)N1CCOC2CCCCC21. The molecule has 2 atom stereocenters. The fourth-order valence-corrected chi connectivity index (χ4v) is 3.94. The molecule has 0 aromatic heterocycles. The summed E-state index contributed by atoms with van der Waals surface area (Å²) in [6.45, 7) is 3.21. The molecule has 3 aliphatic rings. The molecule has 0 spiro atoms. The van der Waals surface area contributed by atoms with Gasteiger partial charge in [-0.3, -0.25) is 4.79 Å². The number of carbonyl (C=O) groups excluding carboxylic acids is 1. The third kappa shape index (κ3) is 2.36. The van der Waals surface area contributed by atoms with Gasteiger partial charge in [0.15, 0.2) is 0 Å². The number of amides is 1. The highest BCUT2D eigenvalue weighted by Crippen LogP contribution is 2.30. The van der Waals surface area contributed by atoms with Crippen molar-refractivity contribution in [2.24, 2.45) is 0 Å². The third-order valence-corrected chi connectivity index (χ3v) is 5.08. The molecule has 1 aromatic rings. The number of hydrogen-bond donors (Lipinski definition) is 1. The van der Waals surface area contributed by atoms with Crippen molar-refractivity contribution in [2.45, 2.75) is 50.9 Å². The smallest absolute Gasteiger partial charge is 0.254 e. The molecule has 0 bridgehead atoms. The Morgan fingerprint density at radius 3 is 3.00 bits per heavy atom. The zero-order valence-corrected chi connectivity index (χ0v) is 12.3. The van der Waals surface area contributed by atoms with Crippen molar-refractivity contribution in [1.82, 2.24) is 10.2 Å². The predicted octanol–water partition coefficient (Wildman–Crippen LogP) is 2.07. The van der Waals surface area contributed by atoms with Crippen LogP contribution in [0.25, 0.3) is 0 Å². The highest BCUT2D eigenvalue weighted by atomic mass is 16.5. The fraction of sp³-hybridized carbons (Fsp3) is 0.588. The molecule has 2 fully saturated rings. The van der Waals surface area contributed by atoms with Crippen molar-refractivity contribution in [3.8, 4) is 0 Å². The first kappa shape index (κ1) is 13.3. The number of carbonyl (C=O) groups is 1. The van der Waals surface area contributed by atoms with Gasteiger partial charge in [0.1, 0.15) is 0 Å². The Morgan fingerprint density at radius 1 is 1.19 bits per heavy atom. The van der Waals surface area contributed by atoms with Gasteiger partial charge in [-0.25, -0.2) is 0 Å². The molecule has 1 aliphatic carbocycles. The fourth-order valence-electron chi connectivity index (χ4n) is 3.94. The third-order valence-electron chi connectivity index (χ3n) is 5.08. The number of rotatable bonds is 1. The maximum Gasteiger partial charge on any atom is 0.254 e. The molecule has 112 valence electrons. The molecule has 0 radical (unpaired) electrons. The number of nitrogens with zero attached hydrogens (tertiary/aromatic N) is 1. The molecule has 2 unspecified atom stereocenters. The van der Waals surface area contributed by atoms with E-state index in [1.54, 1.807) is 0 Å². The van der Waals surface area contributed by atoms with Crippen LogP contribution in [0.2, 0.25) is 0 Å². The average Bonchev–Trinajstić information content (AvgIpc) is 3.01. The monoisotopic (exact) mass is 286 g/mol. The maximum atomic E-state index is 12.9. The second-order valence-electron chi connectivity index (χ2n) is 6.35. The van der Waals surface area contributed by atoms with Gasteiger partial charge in [-0.2, -0.15) is 0 Å². The summed E-state index contributed by atoms with van der Waals surface area (Å²) in [5.41, 5.74) is 3.43. The standard InChI is InChI=1S/C17H22N2O2/c20-17(12-5-6-13-10-18-11-14(13)9-12)19-7-8-21-16-4-2-1-3-15(16)19/h5-6,9,15-16,18H,1-4,7-8,10-11H2. The maximum absolute atomic E-state index is 12.9. The summed E-state index contributed by atoms with van der Waals surface area (Å²) in [4.78, 5) is 15.0. The number of ether oxygens (including phenoxy) is 1. The minimum atomic E-state index is 0.185. The van der Waals surface area contributed by atoms with E-state index < -0.39 is 0 Å². The quantitative estimate of drug-likeness (QED) is 0.859. The van der Waals surface area contributed by atoms with E-state index in [9.17, 15) is 4.79 Å². The van der Waals surface area contributed by atoms with Gasteiger partial charge in [0.2, 0.25) is 0 Å². The molecule has 2 heterocycles. The summed E-state index contributed by atoms with van der Waals surface area (Å²) in [6, 6.07) is 6.44. The van der Waals surface area contributed by atoms with E-state index in [4.69, 9.17) is 4.74 Å². The van der Waals surface area contributed by atoms with Gasteiger partial charge < -0.3 is 15.0 Å². The van der Waals surface area contributed by atoms with Crippen LogP contribution in [0.1, 0.15) is 47.2 Å². The van der Waals surface area contributed by atoms with Crippen molar-refractivity contribution in [3.63, 3.8) is 0 Å². The summed E-state index contributed by atoms with van der Waals surface area (Å²) in [6.07, 6.45) is 4.88. The van der Waals surface area contributed by atoms with Crippen LogP contribution in [0.3, 0.4) is 0 Å². The second-order valence-corrected chi connectivity index (χ2v) is 6.35. The molecule has 1 N–H and O–H groups in total. The van der Waals surface area contributed by atoms with E-state index in [1.165, 1.54) is 24.0 Å². The van der Waals surface area contributed by atoms with E-state index in [1.807, 2.05) is 6.07 Å². The van der Waals surface area contributed by atoms with Gasteiger partial charge in [0, 0.05) is 25.2 Å². The molecule has 1 saturated carbocycles. The van der Waals surface area contributed by atoms with Crippen molar-refractivity contribution < 1.29 is 9.53 Å².